The van der Waals surface area contributed by atoms with Crippen LogP contribution in [0, 0.1) is 0 Å². The Morgan fingerprint density at radius 1 is 1.33 bits per heavy atom. The molecule has 1 saturated carbocycles. The van der Waals surface area contributed by atoms with E-state index in [2.05, 4.69) is 34.8 Å². The van der Waals surface area contributed by atoms with Crippen LogP contribution in [0.15, 0.2) is 6.20 Å². The lowest BCUT2D eigenvalue weighted by Crippen LogP contribution is -2.40. The highest BCUT2D eigenvalue weighted by Crippen LogP contribution is 2.18. The number of hydrogen-bond donors (Lipinski definition) is 2. The van der Waals surface area contributed by atoms with Crippen molar-refractivity contribution < 1.29 is 4.79 Å². The lowest BCUT2D eigenvalue weighted by Gasteiger charge is -2.24. The lowest BCUT2D eigenvalue weighted by atomic mass is 9.95. The molecule has 0 saturated heterocycles. The summed E-state index contributed by atoms with van der Waals surface area (Å²) in [5.41, 5.74) is 0.862. The Morgan fingerprint density at radius 3 is 2.71 bits per heavy atom. The van der Waals surface area contributed by atoms with E-state index >= 15 is 0 Å². The molecule has 1 aromatic rings. The van der Waals surface area contributed by atoms with Gasteiger partial charge in [-0.2, -0.15) is 0 Å². The van der Waals surface area contributed by atoms with Crippen molar-refractivity contribution in [3.63, 3.8) is 0 Å². The Kier molecular flexibility index (Phi) is 5.73. The van der Waals surface area contributed by atoms with Crippen molar-refractivity contribution in [3.8, 4) is 0 Å². The molecule has 1 amide bonds. The number of nitrogens with zero attached hydrogens (tertiary/aromatic N) is 3. The number of carbonyl (C=O) groups is 1. The van der Waals surface area contributed by atoms with Crippen LogP contribution in [0.25, 0.3) is 0 Å². The van der Waals surface area contributed by atoms with Crippen LogP contribution < -0.4 is 10.6 Å². The van der Waals surface area contributed by atoms with Gasteiger partial charge in [0, 0.05) is 18.6 Å². The van der Waals surface area contributed by atoms with Gasteiger partial charge in [-0.1, -0.05) is 38.3 Å². The van der Waals surface area contributed by atoms with Crippen LogP contribution in [0.5, 0.6) is 0 Å². The fraction of sp³-hybridized carbons (Fsp3) is 0.800. The van der Waals surface area contributed by atoms with Crippen LogP contribution in [0.2, 0.25) is 0 Å². The van der Waals surface area contributed by atoms with Gasteiger partial charge in [-0.25, -0.2) is 4.68 Å². The highest BCUT2D eigenvalue weighted by Gasteiger charge is 2.21. The number of hydrogen-bond acceptors (Lipinski definition) is 4. The minimum absolute atomic E-state index is 0.0372. The molecule has 0 spiro atoms. The Morgan fingerprint density at radius 2 is 2.05 bits per heavy atom. The maximum absolute atomic E-state index is 12.3. The molecule has 0 aliphatic heterocycles. The predicted molar refractivity (Wildman–Crippen MR) is 81.7 cm³/mol. The molecular weight excluding hydrogens is 266 g/mol. The van der Waals surface area contributed by atoms with Crippen LogP contribution in [-0.4, -0.2) is 33.0 Å². The highest BCUT2D eigenvalue weighted by molar-refractivity contribution is 5.80. The minimum atomic E-state index is -0.313. The molecule has 0 aromatic carbocycles. The standard InChI is InChI=1S/C15H27N5O/c1-11(2)16-9-14-10-20(19-18-14)12(3)15(21)17-13-7-5-4-6-8-13/h10-13,16H,4-9H2,1-3H3,(H,17,21). The lowest BCUT2D eigenvalue weighted by molar-refractivity contribution is -0.125. The number of aromatic nitrogens is 3. The molecule has 21 heavy (non-hydrogen) atoms. The van der Waals surface area contributed by atoms with Crippen molar-refractivity contribution in [3.05, 3.63) is 11.9 Å². The van der Waals surface area contributed by atoms with Gasteiger partial charge in [0.25, 0.3) is 0 Å². The van der Waals surface area contributed by atoms with Gasteiger partial charge >= 0.3 is 0 Å². The second-order valence-electron chi connectivity index (χ2n) is 6.24. The van der Waals surface area contributed by atoms with Gasteiger partial charge in [-0.15, -0.1) is 5.10 Å². The summed E-state index contributed by atoms with van der Waals surface area (Å²) in [5.74, 6) is 0.0372. The van der Waals surface area contributed by atoms with Crippen molar-refractivity contribution in [2.75, 3.05) is 0 Å². The molecule has 6 heteroatoms. The van der Waals surface area contributed by atoms with Gasteiger partial charge in [0.15, 0.2) is 0 Å². The third-order valence-corrected chi connectivity index (χ3v) is 3.98. The topological polar surface area (TPSA) is 71.8 Å². The Hall–Kier alpha value is -1.43. The molecule has 1 fully saturated rings. The smallest absolute Gasteiger partial charge is 0.244 e. The molecule has 2 rings (SSSR count). The molecule has 1 atom stereocenters. The Bertz CT molecular complexity index is 451. The van der Waals surface area contributed by atoms with E-state index in [4.69, 9.17) is 0 Å². The summed E-state index contributed by atoms with van der Waals surface area (Å²) < 4.78 is 1.65. The molecule has 1 aliphatic rings. The van der Waals surface area contributed by atoms with Gasteiger partial charge < -0.3 is 10.6 Å². The number of rotatable bonds is 6. The Balaban J connectivity index is 1.86. The largest absolute Gasteiger partial charge is 0.352 e. The van der Waals surface area contributed by atoms with Crippen LogP contribution in [0.1, 0.15) is 64.6 Å². The van der Waals surface area contributed by atoms with Crippen LogP contribution >= 0.6 is 0 Å². The summed E-state index contributed by atoms with van der Waals surface area (Å²) >= 11 is 0. The molecule has 1 aliphatic carbocycles. The number of nitrogens with one attached hydrogen (secondary N) is 2. The molecule has 1 heterocycles. The SMILES string of the molecule is CC(C)NCc1cn(C(C)C(=O)NC2CCCCC2)nn1. The first-order valence-electron chi connectivity index (χ1n) is 8.00. The van der Waals surface area contributed by atoms with E-state index in [9.17, 15) is 4.79 Å². The molecule has 2 N–H and O–H groups in total. The van der Waals surface area contributed by atoms with Crippen LogP contribution in [-0.2, 0) is 11.3 Å². The van der Waals surface area contributed by atoms with Crippen molar-refractivity contribution in [2.24, 2.45) is 0 Å². The van der Waals surface area contributed by atoms with E-state index < -0.39 is 0 Å². The predicted octanol–water partition coefficient (Wildman–Crippen LogP) is 1.79. The van der Waals surface area contributed by atoms with E-state index in [-0.39, 0.29) is 11.9 Å². The van der Waals surface area contributed by atoms with Crippen molar-refractivity contribution in [2.45, 2.75) is 77.5 Å². The first kappa shape index (κ1) is 15.9. The fourth-order valence-electron chi connectivity index (χ4n) is 2.58. The van der Waals surface area contributed by atoms with E-state index in [1.807, 2.05) is 13.1 Å². The number of amides is 1. The van der Waals surface area contributed by atoms with Crippen LogP contribution in [0.4, 0.5) is 0 Å². The first-order chi connectivity index (χ1) is 10.1. The number of carbonyl (C=O) groups excluding carboxylic acids is 1. The summed E-state index contributed by atoms with van der Waals surface area (Å²) in [4.78, 5) is 12.3. The van der Waals surface area contributed by atoms with Crippen molar-refractivity contribution >= 4 is 5.91 Å². The molecule has 118 valence electrons. The van der Waals surface area contributed by atoms with Gasteiger partial charge in [-0.05, 0) is 19.8 Å². The second-order valence-corrected chi connectivity index (χ2v) is 6.24. The monoisotopic (exact) mass is 293 g/mol. The third kappa shape index (κ3) is 4.81. The average molecular weight is 293 g/mol. The minimum Gasteiger partial charge on any atom is -0.352 e. The zero-order valence-corrected chi connectivity index (χ0v) is 13.3. The molecular formula is C15H27N5O. The van der Waals surface area contributed by atoms with Crippen LogP contribution in [0.3, 0.4) is 0 Å². The molecule has 6 nitrogen and oxygen atoms in total. The van der Waals surface area contributed by atoms with E-state index in [1.165, 1.54) is 19.3 Å². The third-order valence-electron chi connectivity index (χ3n) is 3.98. The van der Waals surface area contributed by atoms with Gasteiger partial charge in [0.2, 0.25) is 5.91 Å². The van der Waals surface area contributed by atoms with Crippen molar-refractivity contribution in [1.29, 1.82) is 0 Å². The van der Waals surface area contributed by atoms with Gasteiger partial charge in [0.1, 0.15) is 6.04 Å². The maximum Gasteiger partial charge on any atom is 0.244 e. The summed E-state index contributed by atoms with van der Waals surface area (Å²) in [6, 6.07) is 0.425. The van der Waals surface area contributed by atoms with E-state index in [1.54, 1.807) is 4.68 Å². The summed E-state index contributed by atoms with van der Waals surface area (Å²) in [7, 11) is 0. The summed E-state index contributed by atoms with van der Waals surface area (Å²) in [5, 5.41) is 14.6. The normalized spacial score (nSPS) is 17.9. The quantitative estimate of drug-likeness (QED) is 0.839. The van der Waals surface area contributed by atoms with Gasteiger partial charge in [0.05, 0.1) is 11.9 Å². The maximum atomic E-state index is 12.3. The molecule has 0 radical (unpaired) electrons. The fourth-order valence-corrected chi connectivity index (χ4v) is 2.58. The average Bonchev–Trinajstić information content (AvgIpc) is 2.94. The van der Waals surface area contributed by atoms with Crippen molar-refractivity contribution in [1.82, 2.24) is 25.6 Å². The summed E-state index contributed by atoms with van der Waals surface area (Å²) in [6.45, 7) is 6.72. The summed E-state index contributed by atoms with van der Waals surface area (Å²) in [6.07, 6.45) is 7.76. The first-order valence-corrected chi connectivity index (χ1v) is 8.00. The Labute approximate surface area is 126 Å². The van der Waals surface area contributed by atoms with E-state index in [0.29, 0.717) is 18.6 Å². The van der Waals surface area contributed by atoms with E-state index in [0.717, 1.165) is 18.5 Å². The second kappa shape index (κ2) is 7.54. The molecule has 1 aromatic heterocycles. The van der Waals surface area contributed by atoms with Gasteiger partial charge in [-0.3, -0.25) is 4.79 Å². The zero-order chi connectivity index (χ0) is 15.2. The molecule has 0 bridgehead atoms. The molecule has 1 unspecified atom stereocenters. The zero-order valence-electron chi connectivity index (χ0n) is 13.3. The highest BCUT2D eigenvalue weighted by atomic mass is 16.2.